The van der Waals surface area contributed by atoms with E-state index in [4.69, 9.17) is 9.47 Å². The molecule has 0 N–H and O–H groups in total. The summed E-state index contributed by atoms with van der Waals surface area (Å²) >= 11 is 0. The highest BCUT2D eigenvalue weighted by molar-refractivity contribution is 6.23. The highest BCUT2D eigenvalue weighted by Gasteiger charge is 2.55. The van der Waals surface area contributed by atoms with Crippen LogP contribution in [0.3, 0.4) is 0 Å². The van der Waals surface area contributed by atoms with Gasteiger partial charge in [0.1, 0.15) is 5.75 Å². The van der Waals surface area contributed by atoms with Crippen LogP contribution in [0, 0.1) is 0 Å². The summed E-state index contributed by atoms with van der Waals surface area (Å²) in [6.45, 7) is 8.45. The number of carbonyl (C=O) groups is 4. The zero-order valence-corrected chi connectivity index (χ0v) is 18.4. The van der Waals surface area contributed by atoms with Crippen LogP contribution in [-0.2, 0) is 36.6 Å². The third-order valence-corrected chi connectivity index (χ3v) is 5.90. The van der Waals surface area contributed by atoms with E-state index >= 15 is 0 Å². The second-order valence-corrected chi connectivity index (χ2v) is 8.40. The molecule has 0 spiro atoms. The Labute approximate surface area is 181 Å². The molecule has 0 aliphatic heterocycles. The van der Waals surface area contributed by atoms with Crippen LogP contribution >= 0.6 is 0 Å². The number of fused-ring (bicyclic) bond motifs is 1. The summed E-state index contributed by atoms with van der Waals surface area (Å²) in [4.78, 5) is 51.1. The average Bonchev–Trinajstić information content (AvgIpc) is 2.70. The lowest BCUT2D eigenvalue weighted by molar-refractivity contribution is -0.162. The summed E-state index contributed by atoms with van der Waals surface area (Å²) in [5, 5.41) is 0. The third kappa shape index (κ3) is 3.90. The van der Waals surface area contributed by atoms with Crippen LogP contribution < -0.4 is 4.74 Å². The third-order valence-electron chi connectivity index (χ3n) is 5.90. The number of carbonyl (C=O) groups excluding carboxylic acids is 4. The van der Waals surface area contributed by atoms with Crippen molar-refractivity contribution in [3.05, 3.63) is 64.7 Å². The topological polar surface area (TPSA) is 86.7 Å². The Morgan fingerprint density at radius 1 is 1.03 bits per heavy atom. The second-order valence-electron chi connectivity index (χ2n) is 8.40. The first-order valence-corrected chi connectivity index (χ1v) is 10.2. The summed E-state index contributed by atoms with van der Waals surface area (Å²) in [6.07, 6.45) is 0.695. The van der Waals surface area contributed by atoms with Gasteiger partial charge in [-0.15, -0.1) is 0 Å². The normalized spacial score (nSPS) is 18.4. The molecule has 0 fully saturated rings. The molecule has 1 aliphatic carbocycles. The summed E-state index contributed by atoms with van der Waals surface area (Å²) in [5.74, 6) is -2.60. The number of hydrogen-bond acceptors (Lipinski definition) is 6. The van der Waals surface area contributed by atoms with E-state index in [-0.39, 0.29) is 23.1 Å². The molecule has 31 heavy (non-hydrogen) atoms. The van der Waals surface area contributed by atoms with Crippen molar-refractivity contribution in [1.82, 2.24) is 0 Å². The summed E-state index contributed by atoms with van der Waals surface area (Å²) in [6, 6.07) is 11.7. The van der Waals surface area contributed by atoms with Crippen molar-refractivity contribution in [2.45, 2.75) is 58.5 Å². The molecule has 0 heterocycles. The van der Waals surface area contributed by atoms with Crippen LogP contribution in [0.5, 0.6) is 5.75 Å². The molecule has 1 aliphatic rings. The number of esters is 2. The van der Waals surface area contributed by atoms with Gasteiger partial charge >= 0.3 is 11.9 Å². The van der Waals surface area contributed by atoms with Crippen LogP contribution in [0.2, 0.25) is 0 Å². The number of ketones is 2. The zero-order valence-electron chi connectivity index (χ0n) is 18.4. The number of Topliss-reactive ketones (excluding diaryl/α,β-unsaturated/α-hetero) is 2. The molecule has 6 heteroatoms. The summed E-state index contributed by atoms with van der Waals surface area (Å²) in [7, 11) is 0. The monoisotopic (exact) mass is 422 g/mol. The quantitative estimate of drug-likeness (QED) is 0.410. The predicted molar refractivity (Wildman–Crippen MR) is 114 cm³/mol. The average molecular weight is 422 g/mol. The van der Waals surface area contributed by atoms with Crippen LogP contribution in [-0.4, -0.2) is 23.5 Å². The van der Waals surface area contributed by atoms with Gasteiger partial charge in [-0.25, -0.2) is 0 Å². The standard InChI is InChI=1S/C25H26O6/c1-6-24(4,5)18-11-12-21(30-15(2)26)20(14-18)25(31-16(3)27)22(28)13-17-9-7-8-10-19(17)23(25)29/h7-12,14H,6,13H2,1-5H3. The minimum atomic E-state index is -2.22. The smallest absolute Gasteiger partial charge is 0.308 e. The molecular weight excluding hydrogens is 396 g/mol. The van der Waals surface area contributed by atoms with Gasteiger partial charge < -0.3 is 9.47 Å². The molecule has 0 radical (unpaired) electrons. The first-order valence-electron chi connectivity index (χ1n) is 10.2. The van der Waals surface area contributed by atoms with Crippen molar-refractivity contribution in [1.29, 1.82) is 0 Å². The fraction of sp³-hybridized carbons (Fsp3) is 0.360. The maximum atomic E-state index is 13.7. The zero-order chi connectivity index (χ0) is 23.0. The van der Waals surface area contributed by atoms with Gasteiger partial charge in [-0.05, 0) is 35.1 Å². The minimum Gasteiger partial charge on any atom is -0.437 e. The Morgan fingerprint density at radius 3 is 2.32 bits per heavy atom. The minimum absolute atomic E-state index is 0.0190. The van der Waals surface area contributed by atoms with Gasteiger partial charge in [-0.2, -0.15) is 0 Å². The van der Waals surface area contributed by atoms with E-state index in [0.29, 0.717) is 11.1 Å². The van der Waals surface area contributed by atoms with Crippen molar-refractivity contribution in [2.24, 2.45) is 0 Å². The van der Waals surface area contributed by atoms with Gasteiger partial charge in [0.25, 0.3) is 5.60 Å². The fourth-order valence-corrected chi connectivity index (χ4v) is 3.83. The van der Waals surface area contributed by atoms with Gasteiger partial charge in [-0.1, -0.05) is 51.1 Å². The maximum absolute atomic E-state index is 13.7. The Balaban J connectivity index is 2.36. The molecule has 1 unspecified atom stereocenters. The lowest BCUT2D eigenvalue weighted by Crippen LogP contribution is -2.51. The van der Waals surface area contributed by atoms with Gasteiger partial charge in [0.15, 0.2) is 5.78 Å². The first kappa shape index (κ1) is 22.4. The molecule has 3 rings (SSSR count). The van der Waals surface area contributed by atoms with E-state index in [1.54, 1.807) is 42.5 Å². The molecule has 0 amide bonds. The van der Waals surface area contributed by atoms with E-state index in [1.807, 2.05) is 20.8 Å². The lowest BCUT2D eigenvalue weighted by Gasteiger charge is -2.36. The largest absolute Gasteiger partial charge is 0.437 e. The number of benzene rings is 2. The number of rotatable bonds is 5. The van der Waals surface area contributed by atoms with E-state index in [0.717, 1.165) is 18.9 Å². The van der Waals surface area contributed by atoms with Crippen molar-refractivity contribution >= 4 is 23.5 Å². The lowest BCUT2D eigenvalue weighted by atomic mass is 9.72. The summed E-state index contributed by atoms with van der Waals surface area (Å²) in [5.41, 5.74) is -0.741. The predicted octanol–water partition coefficient (Wildman–Crippen LogP) is 4.07. The molecule has 0 saturated carbocycles. The van der Waals surface area contributed by atoms with E-state index in [9.17, 15) is 19.2 Å². The molecule has 0 bridgehead atoms. The Hall–Kier alpha value is -3.28. The van der Waals surface area contributed by atoms with E-state index in [1.165, 1.54) is 6.92 Å². The SMILES string of the molecule is CCC(C)(C)c1ccc(OC(C)=O)c(C2(OC(C)=O)C(=O)Cc3ccccc3C2=O)c1. The van der Waals surface area contributed by atoms with Crippen molar-refractivity contribution < 1.29 is 28.7 Å². The highest BCUT2D eigenvalue weighted by atomic mass is 16.6. The molecule has 6 nitrogen and oxygen atoms in total. The van der Waals surface area contributed by atoms with Crippen molar-refractivity contribution in [3.8, 4) is 5.75 Å². The number of hydrogen-bond donors (Lipinski definition) is 0. The molecule has 1 atom stereocenters. The van der Waals surface area contributed by atoms with Gasteiger partial charge in [-0.3, -0.25) is 19.2 Å². The molecule has 0 aromatic heterocycles. The van der Waals surface area contributed by atoms with Crippen LogP contribution in [0.4, 0.5) is 0 Å². The Kier molecular flexibility index (Phi) is 5.85. The molecule has 2 aromatic rings. The molecule has 2 aromatic carbocycles. The summed E-state index contributed by atoms with van der Waals surface area (Å²) < 4.78 is 10.9. The van der Waals surface area contributed by atoms with Crippen molar-refractivity contribution in [3.63, 3.8) is 0 Å². The molecule has 162 valence electrons. The maximum Gasteiger partial charge on any atom is 0.308 e. The van der Waals surface area contributed by atoms with Gasteiger partial charge in [0.2, 0.25) is 5.78 Å². The highest BCUT2D eigenvalue weighted by Crippen LogP contribution is 2.43. The van der Waals surface area contributed by atoms with Crippen LogP contribution in [0.15, 0.2) is 42.5 Å². The van der Waals surface area contributed by atoms with Crippen LogP contribution in [0.25, 0.3) is 0 Å². The van der Waals surface area contributed by atoms with E-state index < -0.39 is 29.1 Å². The van der Waals surface area contributed by atoms with E-state index in [2.05, 4.69) is 0 Å². The molecule has 0 saturated heterocycles. The fourth-order valence-electron chi connectivity index (χ4n) is 3.83. The Bertz CT molecular complexity index is 1080. The molecular formula is C25H26O6. The second kappa shape index (κ2) is 8.10. The number of ether oxygens (including phenoxy) is 2. The first-order chi connectivity index (χ1) is 14.5. The van der Waals surface area contributed by atoms with Gasteiger partial charge in [0.05, 0.1) is 5.56 Å². The van der Waals surface area contributed by atoms with Crippen LogP contribution in [0.1, 0.15) is 68.1 Å². The van der Waals surface area contributed by atoms with Crippen molar-refractivity contribution in [2.75, 3.05) is 0 Å². The Morgan fingerprint density at radius 2 is 1.71 bits per heavy atom. The van der Waals surface area contributed by atoms with Gasteiger partial charge in [0, 0.05) is 25.8 Å².